The molecule has 0 amide bonds. The number of rotatable bonds is 9. The van der Waals surface area contributed by atoms with E-state index in [9.17, 15) is 4.79 Å². The summed E-state index contributed by atoms with van der Waals surface area (Å²) in [6.07, 6.45) is -1.50. The van der Waals surface area contributed by atoms with Crippen molar-refractivity contribution in [3.8, 4) is 0 Å². The van der Waals surface area contributed by atoms with Gasteiger partial charge in [0.2, 0.25) is 0 Å². The number of carbonyl (C=O) groups is 1. The Bertz CT molecular complexity index is 189. The normalized spacial score (nSPS) is 14.5. The van der Waals surface area contributed by atoms with Crippen molar-refractivity contribution in [1.82, 2.24) is 0 Å². The molecule has 0 rings (SSSR count). The van der Waals surface area contributed by atoms with E-state index in [1.807, 2.05) is 0 Å². The van der Waals surface area contributed by atoms with Crippen LogP contribution in [-0.2, 0) is 19.0 Å². The fourth-order valence-electron chi connectivity index (χ4n) is 0.924. The molecule has 7 heteroatoms. The van der Waals surface area contributed by atoms with Crippen LogP contribution in [0.4, 0.5) is 0 Å². The van der Waals surface area contributed by atoms with Gasteiger partial charge in [0.25, 0.3) is 0 Å². The summed E-state index contributed by atoms with van der Waals surface area (Å²) in [5.41, 5.74) is 5.09. The SMILES string of the molecule is COCC(COCC(O)CO)OC(=O)CN. The highest BCUT2D eigenvalue weighted by Crippen LogP contribution is 1.96. The number of aliphatic hydroxyl groups is 2. The van der Waals surface area contributed by atoms with Gasteiger partial charge in [0.15, 0.2) is 0 Å². The van der Waals surface area contributed by atoms with Gasteiger partial charge in [0, 0.05) is 7.11 Å². The maximum atomic E-state index is 10.9. The predicted molar refractivity (Wildman–Crippen MR) is 54.7 cm³/mol. The third kappa shape index (κ3) is 7.55. The summed E-state index contributed by atoms with van der Waals surface area (Å²) in [7, 11) is 1.46. The average molecular weight is 237 g/mol. The van der Waals surface area contributed by atoms with E-state index in [1.54, 1.807) is 0 Å². The molecule has 0 radical (unpaired) electrons. The predicted octanol–water partition coefficient (Wildman–Crippen LogP) is -2.13. The summed E-state index contributed by atoms with van der Waals surface area (Å²) in [6.45, 7) is -0.356. The molecule has 0 aromatic heterocycles. The van der Waals surface area contributed by atoms with E-state index >= 15 is 0 Å². The van der Waals surface area contributed by atoms with Gasteiger partial charge in [-0.2, -0.15) is 0 Å². The largest absolute Gasteiger partial charge is 0.456 e. The van der Waals surface area contributed by atoms with Gasteiger partial charge in [-0.3, -0.25) is 4.79 Å². The molecule has 0 saturated heterocycles. The Morgan fingerprint density at radius 1 is 1.38 bits per heavy atom. The first kappa shape index (κ1) is 15.3. The molecule has 0 heterocycles. The molecule has 2 atom stereocenters. The third-order valence-electron chi connectivity index (χ3n) is 1.64. The zero-order chi connectivity index (χ0) is 12.4. The first-order chi connectivity index (χ1) is 7.63. The van der Waals surface area contributed by atoms with E-state index in [1.165, 1.54) is 7.11 Å². The molecule has 7 nitrogen and oxygen atoms in total. The highest BCUT2D eigenvalue weighted by Gasteiger charge is 2.14. The second-order valence-corrected chi connectivity index (χ2v) is 3.15. The maximum Gasteiger partial charge on any atom is 0.320 e. The highest BCUT2D eigenvalue weighted by molar-refractivity contribution is 5.71. The Balaban J connectivity index is 3.79. The van der Waals surface area contributed by atoms with Gasteiger partial charge in [-0.1, -0.05) is 0 Å². The molecular weight excluding hydrogens is 218 g/mol. The average Bonchev–Trinajstić information content (AvgIpc) is 2.28. The van der Waals surface area contributed by atoms with Crippen molar-refractivity contribution in [2.75, 3.05) is 40.1 Å². The maximum absolute atomic E-state index is 10.9. The zero-order valence-corrected chi connectivity index (χ0v) is 9.30. The number of hydrogen-bond donors (Lipinski definition) is 3. The Labute approximate surface area is 94.1 Å². The molecule has 0 aliphatic rings. The van der Waals surface area contributed by atoms with Gasteiger partial charge >= 0.3 is 5.97 Å². The summed E-state index contributed by atoms with van der Waals surface area (Å²) in [6, 6.07) is 0. The molecule has 0 aliphatic carbocycles. The molecule has 0 spiro atoms. The molecule has 16 heavy (non-hydrogen) atoms. The summed E-state index contributed by atoms with van der Waals surface area (Å²) >= 11 is 0. The number of hydrogen-bond acceptors (Lipinski definition) is 7. The molecule has 96 valence electrons. The monoisotopic (exact) mass is 237 g/mol. The van der Waals surface area contributed by atoms with Gasteiger partial charge < -0.3 is 30.2 Å². The lowest BCUT2D eigenvalue weighted by Gasteiger charge is -2.17. The lowest BCUT2D eigenvalue weighted by atomic mass is 10.4. The molecule has 0 aliphatic heterocycles. The van der Waals surface area contributed by atoms with Gasteiger partial charge in [0.05, 0.1) is 33.0 Å². The van der Waals surface area contributed by atoms with Crippen LogP contribution in [0.15, 0.2) is 0 Å². The minimum Gasteiger partial charge on any atom is -0.456 e. The second-order valence-electron chi connectivity index (χ2n) is 3.15. The number of methoxy groups -OCH3 is 1. The zero-order valence-electron chi connectivity index (χ0n) is 9.30. The molecule has 0 aromatic rings. The van der Waals surface area contributed by atoms with Crippen LogP contribution in [0, 0.1) is 0 Å². The molecule has 0 aromatic carbocycles. The Kier molecular flexibility index (Phi) is 9.06. The molecule has 2 unspecified atom stereocenters. The van der Waals surface area contributed by atoms with E-state index < -0.39 is 18.2 Å². The van der Waals surface area contributed by atoms with Crippen LogP contribution in [0.5, 0.6) is 0 Å². The van der Waals surface area contributed by atoms with Crippen LogP contribution >= 0.6 is 0 Å². The first-order valence-corrected chi connectivity index (χ1v) is 4.89. The van der Waals surface area contributed by atoms with Crippen LogP contribution in [0.3, 0.4) is 0 Å². The molecule has 0 saturated carbocycles. The number of carbonyl (C=O) groups excluding carboxylic acids is 1. The van der Waals surface area contributed by atoms with Crippen LogP contribution in [0.1, 0.15) is 0 Å². The topological polar surface area (TPSA) is 111 Å². The number of nitrogens with two attached hydrogens (primary N) is 1. The smallest absolute Gasteiger partial charge is 0.320 e. The Hall–Kier alpha value is -0.730. The van der Waals surface area contributed by atoms with Gasteiger partial charge in [-0.15, -0.1) is 0 Å². The molecular formula is C9H19NO6. The van der Waals surface area contributed by atoms with Crippen molar-refractivity contribution in [2.24, 2.45) is 5.73 Å². The van der Waals surface area contributed by atoms with E-state index in [-0.39, 0.29) is 33.0 Å². The highest BCUT2D eigenvalue weighted by atomic mass is 16.6. The minimum absolute atomic E-state index is 0.0309. The van der Waals surface area contributed by atoms with Crippen molar-refractivity contribution in [2.45, 2.75) is 12.2 Å². The summed E-state index contributed by atoms with van der Waals surface area (Å²) in [5, 5.41) is 17.5. The molecule has 4 N–H and O–H groups in total. The summed E-state index contributed by atoms with van der Waals surface area (Å²) in [5.74, 6) is -0.548. The quantitative estimate of drug-likeness (QED) is 0.393. The number of aliphatic hydroxyl groups excluding tert-OH is 2. The Morgan fingerprint density at radius 2 is 2.06 bits per heavy atom. The van der Waals surface area contributed by atoms with Crippen molar-refractivity contribution in [1.29, 1.82) is 0 Å². The van der Waals surface area contributed by atoms with Crippen molar-refractivity contribution < 1.29 is 29.2 Å². The van der Waals surface area contributed by atoms with Crippen LogP contribution < -0.4 is 5.73 Å². The van der Waals surface area contributed by atoms with Crippen LogP contribution in [0.25, 0.3) is 0 Å². The lowest BCUT2D eigenvalue weighted by molar-refractivity contribution is -0.154. The molecule has 0 fully saturated rings. The minimum atomic E-state index is -0.937. The van der Waals surface area contributed by atoms with Gasteiger partial charge in [-0.25, -0.2) is 0 Å². The summed E-state index contributed by atoms with van der Waals surface area (Å²) < 4.78 is 14.8. The van der Waals surface area contributed by atoms with Crippen LogP contribution in [-0.4, -0.2) is 68.5 Å². The van der Waals surface area contributed by atoms with Crippen molar-refractivity contribution >= 4 is 5.97 Å². The number of esters is 1. The van der Waals surface area contributed by atoms with Crippen molar-refractivity contribution in [3.05, 3.63) is 0 Å². The number of ether oxygens (including phenoxy) is 3. The van der Waals surface area contributed by atoms with Crippen LogP contribution in [0.2, 0.25) is 0 Å². The van der Waals surface area contributed by atoms with E-state index in [2.05, 4.69) is 0 Å². The van der Waals surface area contributed by atoms with Crippen molar-refractivity contribution in [3.63, 3.8) is 0 Å². The third-order valence-corrected chi connectivity index (χ3v) is 1.64. The molecule has 0 bridgehead atoms. The van der Waals surface area contributed by atoms with E-state index in [4.69, 9.17) is 30.2 Å². The lowest BCUT2D eigenvalue weighted by Crippen LogP contribution is -2.32. The second kappa shape index (κ2) is 9.49. The summed E-state index contributed by atoms with van der Waals surface area (Å²) in [4.78, 5) is 10.9. The Morgan fingerprint density at radius 3 is 2.56 bits per heavy atom. The van der Waals surface area contributed by atoms with Gasteiger partial charge in [0.1, 0.15) is 12.2 Å². The fraction of sp³-hybridized carbons (Fsp3) is 0.889. The van der Waals surface area contributed by atoms with E-state index in [0.29, 0.717) is 0 Å². The van der Waals surface area contributed by atoms with Gasteiger partial charge in [-0.05, 0) is 0 Å². The standard InChI is InChI=1S/C9H19NO6/c1-14-5-8(16-9(13)2-10)6-15-4-7(12)3-11/h7-8,11-12H,2-6,10H2,1H3. The fourth-order valence-corrected chi connectivity index (χ4v) is 0.924. The van der Waals surface area contributed by atoms with E-state index in [0.717, 1.165) is 0 Å². The first-order valence-electron chi connectivity index (χ1n) is 4.89.